The standard InChI is InChI=1S/C12H16N4O2/c1-8-4-5-9(6-11(8)18-3)10(17)7-12-13-15-16(2)14-12/h4-6,10,17H,7H2,1-3H3. The van der Waals surface area contributed by atoms with E-state index in [9.17, 15) is 5.11 Å². The number of nitrogens with zero attached hydrogens (tertiary/aromatic N) is 4. The van der Waals surface area contributed by atoms with Crippen molar-refractivity contribution in [3.63, 3.8) is 0 Å². The van der Waals surface area contributed by atoms with Crippen LogP contribution in [0.3, 0.4) is 0 Å². The Kier molecular flexibility index (Phi) is 3.57. The van der Waals surface area contributed by atoms with Gasteiger partial charge in [-0.15, -0.1) is 10.2 Å². The molecule has 0 saturated heterocycles. The van der Waals surface area contributed by atoms with Gasteiger partial charge in [0.25, 0.3) is 0 Å². The topological polar surface area (TPSA) is 73.1 Å². The Labute approximate surface area is 105 Å². The summed E-state index contributed by atoms with van der Waals surface area (Å²) in [4.78, 5) is 1.37. The van der Waals surface area contributed by atoms with Gasteiger partial charge in [0.05, 0.1) is 20.3 Å². The molecule has 18 heavy (non-hydrogen) atoms. The zero-order chi connectivity index (χ0) is 13.1. The van der Waals surface area contributed by atoms with Gasteiger partial charge in [-0.05, 0) is 29.3 Å². The molecule has 0 spiro atoms. The summed E-state index contributed by atoms with van der Waals surface area (Å²) in [5.41, 5.74) is 1.82. The summed E-state index contributed by atoms with van der Waals surface area (Å²) in [5.74, 6) is 1.28. The highest BCUT2D eigenvalue weighted by Crippen LogP contribution is 2.24. The summed E-state index contributed by atoms with van der Waals surface area (Å²) in [5, 5.41) is 21.7. The molecule has 0 aliphatic rings. The number of aromatic nitrogens is 4. The third-order valence-electron chi connectivity index (χ3n) is 2.74. The van der Waals surface area contributed by atoms with Crippen molar-refractivity contribution >= 4 is 0 Å². The highest BCUT2D eigenvalue weighted by atomic mass is 16.5. The van der Waals surface area contributed by atoms with Gasteiger partial charge in [0.2, 0.25) is 0 Å². The molecule has 6 nitrogen and oxygen atoms in total. The molecule has 0 aliphatic carbocycles. The van der Waals surface area contributed by atoms with E-state index in [1.807, 2.05) is 25.1 Å². The second kappa shape index (κ2) is 5.14. The first-order valence-electron chi connectivity index (χ1n) is 5.65. The van der Waals surface area contributed by atoms with Crippen LogP contribution in [0.25, 0.3) is 0 Å². The van der Waals surface area contributed by atoms with E-state index in [1.165, 1.54) is 4.80 Å². The van der Waals surface area contributed by atoms with Gasteiger partial charge in [-0.25, -0.2) is 0 Å². The van der Waals surface area contributed by atoms with Crippen molar-refractivity contribution in [1.82, 2.24) is 20.2 Å². The Hall–Kier alpha value is -1.95. The smallest absolute Gasteiger partial charge is 0.177 e. The molecule has 6 heteroatoms. The van der Waals surface area contributed by atoms with E-state index in [0.717, 1.165) is 16.9 Å². The lowest BCUT2D eigenvalue weighted by molar-refractivity contribution is 0.175. The molecule has 0 radical (unpaired) electrons. The van der Waals surface area contributed by atoms with Gasteiger partial charge in [-0.3, -0.25) is 0 Å². The summed E-state index contributed by atoms with van der Waals surface area (Å²) < 4.78 is 5.23. The molecule has 1 N–H and O–H groups in total. The number of benzene rings is 1. The number of tetrazole rings is 1. The minimum absolute atomic E-state index is 0.333. The molecule has 0 fully saturated rings. The molecule has 0 aliphatic heterocycles. The molecule has 1 aromatic heterocycles. The zero-order valence-corrected chi connectivity index (χ0v) is 10.7. The van der Waals surface area contributed by atoms with Crippen LogP contribution < -0.4 is 4.74 Å². The highest BCUT2D eigenvalue weighted by molar-refractivity contribution is 5.37. The fraction of sp³-hybridized carbons (Fsp3) is 0.417. The number of hydrogen-bond acceptors (Lipinski definition) is 5. The lowest BCUT2D eigenvalue weighted by atomic mass is 10.0. The minimum Gasteiger partial charge on any atom is -0.496 e. The number of methoxy groups -OCH3 is 1. The number of rotatable bonds is 4. The van der Waals surface area contributed by atoms with Crippen LogP contribution in [0.4, 0.5) is 0 Å². The number of aliphatic hydroxyl groups excluding tert-OH is 1. The molecular weight excluding hydrogens is 232 g/mol. The van der Waals surface area contributed by atoms with Gasteiger partial charge >= 0.3 is 0 Å². The van der Waals surface area contributed by atoms with Crippen molar-refractivity contribution in [2.75, 3.05) is 7.11 Å². The summed E-state index contributed by atoms with van der Waals surface area (Å²) in [6, 6.07) is 5.62. The van der Waals surface area contributed by atoms with E-state index >= 15 is 0 Å². The van der Waals surface area contributed by atoms with Crippen molar-refractivity contribution in [1.29, 1.82) is 0 Å². The van der Waals surface area contributed by atoms with Gasteiger partial charge in [0.15, 0.2) is 5.82 Å². The maximum absolute atomic E-state index is 10.1. The SMILES string of the molecule is COc1cc(C(O)Cc2nnn(C)n2)ccc1C. The lowest BCUT2D eigenvalue weighted by Gasteiger charge is -2.11. The van der Waals surface area contributed by atoms with Crippen LogP contribution in [0.5, 0.6) is 5.75 Å². The van der Waals surface area contributed by atoms with Gasteiger partial charge in [0, 0.05) is 6.42 Å². The van der Waals surface area contributed by atoms with Gasteiger partial charge < -0.3 is 9.84 Å². The first kappa shape index (κ1) is 12.5. The van der Waals surface area contributed by atoms with Crippen LogP contribution in [0, 0.1) is 6.92 Å². The molecule has 2 rings (SSSR count). The summed E-state index contributed by atoms with van der Waals surface area (Å²) in [6.45, 7) is 1.96. The predicted octanol–water partition coefficient (Wildman–Crippen LogP) is 0.803. The monoisotopic (exact) mass is 248 g/mol. The van der Waals surface area contributed by atoms with E-state index < -0.39 is 6.10 Å². The molecule has 0 bridgehead atoms. The van der Waals surface area contributed by atoms with E-state index in [-0.39, 0.29) is 0 Å². The van der Waals surface area contributed by atoms with Crippen molar-refractivity contribution in [3.05, 3.63) is 35.2 Å². The second-order valence-corrected chi connectivity index (χ2v) is 4.14. The van der Waals surface area contributed by atoms with Crippen LogP contribution in [-0.4, -0.2) is 32.4 Å². The van der Waals surface area contributed by atoms with Crippen molar-refractivity contribution in [3.8, 4) is 5.75 Å². The summed E-state index contributed by atoms with van der Waals surface area (Å²) in [7, 11) is 3.31. The molecule has 1 heterocycles. The molecule has 1 aromatic carbocycles. The Bertz CT molecular complexity index is 539. The third kappa shape index (κ3) is 2.65. The molecule has 0 amide bonds. The first-order chi connectivity index (χ1) is 8.60. The molecule has 1 unspecified atom stereocenters. The van der Waals surface area contributed by atoms with Crippen molar-refractivity contribution in [2.45, 2.75) is 19.4 Å². The Morgan fingerprint density at radius 2 is 2.22 bits per heavy atom. The van der Waals surface area contributed by atoms with Crippen molar-refractivity contribution in [2.24, 2.45) is 7.05 Å². The van der Waals surface area contributed by atoms with Crippen LogP contribution in [0.15, 0.2) is 18.2 Å². The molecule has 2 aromatic rings. The Morgan fingerprint density at radius 3 is 2.83 bits per heavy atom. The second-order valence-electron chi connectivity index (χ2n) is 4.14. The van der Waals surface area contributed by atoms with Crippen LogP contribution in [0.2, 0.25) is 0 Å². The quantitative estimate of drug-likeness (QED) is 0.866. The van der Waals surface area contributed by atoms with Crippen molar-refractivity contribution < 1.29 is 9.84 Å². The predicted molar refractivity (Wildman–Crippen MR) is 65.2 cm³/mol. The molecular formula is C12H16N4O2. The number of hydrogen-bond donors (Lipinski definition) is 1. The van der Waals surface area contributed by atoms with E-state index in [4.69, 9.17) is 4.74 Å². The van der Waals surface area contributed by atoms with E-state index in [2.05, 4.69) is 15.4 Å². The first-order valence-corrected chi connectivity index (χ1v) is 5.65. The average molecular weight is 248 g/mol. The maximum atomic E-state index is 10.1. The van der Waals surface area contributed by atoms with Crippen LogP contribution >= 0.6 is 0 Å². The van der Waals surface area contributed by atoms with Gasteiger partial charge in [-0.2, -0.15) is 4.80 Å². The van der Waals surface area contributed by atoms with E-state index in [1.54, 1.807) is 14.2 Å². The average Bonchev–Trinajstić information content (AvgIpc) is 2.75. The van der Waals surface area contributed by atoms with E-state index in [0.29, 0.717) is 12.2 Å². The summed E-state index contributed by atoms with van der Waals surface area (Å²) in [6.07, 6.45) is -0.330. The molecule has 96 valence electrons. The molecule has 1 atom stereocenters. The number of aliphatic hydroxyl groups is 1. The van der Waals surface area contributed by atoms with Crippen LogP contribution in [-0.2, 0) is 13.5 Å². The zero-order valence-electron chi connectivity index (χ0n) is 10.7. The fourth-order valence-electron chi connectivity index (χ4n) is 1.74. The third-order valence-corrected chi connectivity index (χ3v) is 2.74. The largest absolute Gasteiger partial charge is 0.496 e. The number of ether oxygens (including phenoxy) is 1. The lowest BCUT2D eigenvalue weighted by Crippen LogP contribution is -2.04. The van der Waals surface area contributed by atoms with Crippen LogP contribution in [0.1, 0.15) is 23.1 Å². The Balaban J connectivity index is 2.15. The Morgan fingerprint density at radius 1 is 1.44 bits per heavy atom. The molecule has 0 saturated carbocycles. The van der Waals surface area contributed by atoms with Gasteiger partial charge in [-0.1, -0.05) is 12.1 Å². The highest BCUT2D eigenvalue weighted by Gasteiger charge is 2.13. The minimum atomic E-state index is -0.663. The summed E-state index contributed by atoms with van der Waals surface area (Å²) >= 11 is 0. The number of aryl methyl sites for hydroxylation is 2. The fourth-order valence-corrected chi connectivity index (χ4v) is 1.74. The van der Waals surface area contributed by atoms with Gasteiger partial charge in [0.1, 0.15) is 5.75 Å². The normalized spacial score (nSPS) is 12.4. The maximum Gasteiger partial charge on any atom is 0.177 e.